The Morgan fingerprint density at radius 2 is 1.08 bits per heavy atom. The van der Waals surface area contributed by atoms with Crippen LogP contribution in [0.1, 0.15) is 12.3 Å². The van der Waals surface area contributed by atoms with Gasteiger partial charge >= 0.3 is 0 Å². The first-order valence-electron chi connectivity index (χ1n) is 21.6. The molecular formula is C50H34N2. The third kappa shape index (κ3) is 5.12. The van der Waals surface area contributed by atoms with Crippen LogP contribution in [-0.4, -0.2) is 4.57 Å². The fraction of sp³-hybridized carbons (Fsp3) is 0. The Labute approximate surface area is 315 Å². The molecule has 2 heteroatoms. The van der Waals surface area contributed by atoms with E-state index in [4.69, 9.17) is 6.85 Å². The molecule has 0 N–H and O–H groups in total. The van der Waals surface area contributed by atoms with Gasteiger partial charge in [-0.1, -0.05) is 145 Å². The van der Waals surface area contributed by atoms with Gasteiger partial charge in [-0.15, -0.1) is 0 Å². The predicted molar refractivity (Wildman–Crippen MR) is 221 cm³/mol. The molecule has 9 aromatic carbocycles. The van der Waals surface area contributed by atoms with Crippen LogP contribution in [0.3, 0.4) is 0 Å². The van der Waals surface area contributed by atoms with Gasteiger partial charge in [0.25, 0.3) is 0 Å². The Morgan fingerprint density at radius 3 is 1.94 bits per heavy atom. The number of para-hydroxylation sites is 2. The quantitative estimate of drug-likeness (QED) is 0.171. The number of fused-ring (bicyclic) bond motifs is 6. The second-order valence-electron chi connectivity index (χ2n) is 12.7. The van der Waals surface area contributed by atoms with Gasteiger partial charge < -0.3 is 9.47 Å². The fourth-order valence-electron chi connectivity index (χ4n) is 7.27. The summed E-state index contributed by atoms with van der Waals surface area (Å²) in [5.74, 6) is 0. The van der Waals surface area contributed by atoms with Gasteiger partial charge in [0.2, 0.25) is 0 Å². The summed E-state index contributed by atoms with van der Waals surface area (Å²) in [6.45, 7) is 0. The highest BCUT2D eigenvalue weighted by Crippen LogP contribution is 2.42. The van der Waals surface area contributed by atoms with E-state index in [-0.39, 0.29) is 16.8 Å². The second-order valence-corrected chi connectivity index (χ2v) is 12.7. The van der Waals surface area contributed by atoms with E-state index < -0.39 is 54.4 Å². The summed E-state index contributed by atoms with van der Waals surface area (Å²) in [7, 11) is 0. The average Bonchev–Trinajstić information content (AvgIpc) is 3.64. The lowest BCUT2D eigenvalue weighted by Gasteiger charge is -2.27. The van der Waals surface area contributed by atoms with Crippen molar-refractivity contribution in [3.63, 3.8) is 0 Å². The molecule has 0 saturated carbocycles. The highest BCUT2D eigenvalue weighted by atomic mass is 15.1. The molecule has 0 bridgehead atoms. The minimum Gasteiger partial charge on any atom is -0.310 e. The van der Waals surface area contributed by atoms with Crippen LogP contribution < -0.4 is 4.90 Å². The first-order chi connectivity index (χ1) is 29.5. The minimum absolute atomic E-state index is 0.0584. The van der Waals surface area contributed by atoms with E-state index in [1.165, 1.54) is 0 Å². The highest BCUT2D eigenvalue weighted by molar-refractivity contribution is 6.19. The van der Waals surface area contributed by atoms with Gasteiger partial charge in [-0.3, -0.25) is 0 Å². The van der Waals surface area contributed by atoms with Gasteiger partial charge in [-0.25, -0.2) is 0 Å². The van der Waals surface area contributed by atoms with Crippen LogP contribution in [0.5, 0.6) is 0 Å². The number of benzene rings is 9. The molecule has 0 spiro atoms. The van der Waals surface area contributed by atoms with Gasteiger partial charge in [0, 0.05) is 38.9 Å². The van der Waals surface area contributed by atoms with Crippen molar-refractivity contribution in [1.82, 2.24) is 4.57 Å². The summed E-state index contributed by atoms with van der Waals surface area (Å²) in [5.41, 5.74) is 5.11. The van der Waals surface area contributed by atoms with Crippen molar-refractivity contribution in [3.05, 3.63) is 206 Å². The summed E-state index contributed by atoms with van der Waals surface area (Å²) in [4.78, 5) is 1.73. The van der Waals surface area contributed by atoms with Gasteiger partial charge in [0.15, 0.2) is 0 Å². The maximum absolute atomic E-state index is 9.57. The molecule has 2 nitrogen and oxygen atoms in total. The van der Waals surface area contributed by atoms with Crippen molar-refractivity contribution >= 4 is 60.4 Å². The summed E-state index contributed by atoms with van der Waals surface area (Å²) in [6, 6.07) is 45.6. The molecule has 0 aliphatic rings. The molecule has 52 heavy (non-hydrogen) atoms. The lowest BCUT2D eigenvalue weighted by Crippen LogP contribution is -2.10. The van der Waals surface area contributed by atoms with E-state index in [1.807, 2.05) is 91.0 Å². The van der Waals surface area contributed by atoms with E-state index in [1.54, 1.807) is 4.90 Å². The Bertz CT molecular complexity index is 3380. The number of rotatable bonds is 6. The van der Waals surface area contributed by atoms with E-state index in [2.05, 4.69) is 65.2 Å². The first-order valence-corrected chi connectivity index (χ1v) is 17.1. The molecule has 0 amide bonds. The molecule has 10 aromatic rings. The standard InChI is InChI=1S/C50H34N2/c1-3-12-35(13-4-1)37-24-28-43(29-25-37)51(44-19-11-16-40(33-44)41-23-22-36-14-7-8-15-39(36)32-41)45-30-26-38-27-31-47-46-20-9-10-21-49(46)52(50(47)48(38)34-45)42-17-5-2-6-18-42/h1-34H/i1D,3D,4D,12D,13D,24D,25D,28D,29D. The Morgan fingerprint density at radius 1 is 0.385 bits per heavy atom. The summed E-state index contributed by atoms with van der Waals surface area (Å²) in [6.07, 6.45) is 0. The van der Waals surface area contributed by atoms with Crippen molar-refractivity contribution in [1.29, 1.82) is 0 Å². The SMILES string of the molecule is [2H]c1c([2H])c([2H])c(-c2c([2H])c([2H])c(N(c3cccc(-c4ccc5ccccc5c4)c3)c3ccc4ccc5c6ccccc6n(-c6ccccc6)c5c4c3)c([2H])c2[2H])c([2H])c1[2H]. The van der Waals surface area contributed by atoms with Gasteiger partial charge in [0.05, 0.1) is 23.4 Å². The number of hydrogen-bond donors (Lipinski definition) is 0. The third-order valence-corrected chi connectivity index (χ3v) is 9.68. The van der Waals surface area contributed by atoms with Crippen LogP contribution in [0.4, 0.5) is 17.1 Å². The summed E-state index contributed by atoms with van der Waals surface area (Å²) < 4.78 is 82.1. The maximum atomic E-state index is 9.57. The van der Waals surface area contributed by atoms with Crippen LogP contribution in [0, 0.1) is 0 Å². The molecule has 244 valence electrons. The van der Waals surface area contributed by atoms with Crippen LogP contribution in [-0.2, 0) is 0 Å². The monoisotopic (exact) mass is 671 g/mol. The minimum atomic E-state index is -0.625. The normalized spacial score (nSPS) is 13.9. The van der Waals surface area contributed by atoms with E-state index >= 15 is 0 Å². The van der Waals surface area contributed by atoms with Crippen LogP contribution >= 0.6 is 0 Å². The Balaban J connectivity index is 1.27. The van der Waals surface area contributed by atoms with Crippen molar-refractivity contribution in [2.24, 2.45) is 0 Å². The molecule has 0 atom stereocenters. The fourth-order valence-corrected chi connectivity index (χ4v) is 7.27. The number of nitrogens with zero attached hydrogens (tertiary/aromatic N) is 2. The number of anilines is 3. The van der Waals surface area contributed by atoms with Crippen LogP contribution in [0.2, 0.25) is 0 Å². The first kappa shape index (κ1) is 22.0. The third-order valence-electron chi connectivity index (χ3n) is 9.68. The zero-order valence-electron chi connectivity index (χ0n) is 36.8. The van der Waals surface area contributed by atoms with Crippen molar-refractivity contribution in [2.45, 2.75) is 0 Å². The molecule has 1 heterocycles. The zero-order chi connectivity index (χ0) is 42.3. The smallest absolute Gasteiger partial charge is 0.0645 e. The molecule has 10 rings (SSSR count). The summed E-state index contributed by atoms with van der Waals surface area (Å²) in [5, 5.41) is 6.14. The lowest BCUT2D eigenvalue weighted by molar-refractivity contribution is 1.19. The van der Waals surface area contributed by atoms with Crippen molar-refractivity contribution < 1.29 is 12.3 Å². The van der Waals surface area contributed by atoms with Gasteiger partial charge in [-0.05, 0) is 99.0 Å². The number of hydrogen-bond acceptors (Lipinski definition) is 1. The molecule has 0 aliphatic carbocycles. The van der Waals surface area contributed by atoms with Crippen molar-refractivity contribution in [3.8, 4) is 27.9 Å². The molecule has 0 unspecified atom stereocenters. The maximum Gasteiger partial charge on any atom is 0.0645 e. The summed E-state index contributed by atoms with van der Waals surface area (Å²) >= 11 is 0. The molecule has 0 saturated heterocycles. The van der Waals surface area contributed by atoms with Crippen molar-refractivity contribution in [2.75, 3.05) is 4.90 Å². The molecule has 0 fully saturated rings. The highest BCUT2D eigenvalue weighted by Gasteiger charge is 2.18. The molecule has 0 aliphatic heterocycles. The largest absolute Gasteiger partial charge is 0.310 e. The topological polar surface area (TPSA) is 8.17 Å². The van der Waals surface area contributed by atoms with E-state index in [0.29, 0.717) is 11.4 Å². The number of aromatic nitrogens is 1. The van der Waals surface area contributed by atoms with Crippen LogP contribution in [0.15, 0.2) is 206 Å². The zero-order valence-corrected chi connectivity index (χ0v) is 27.8. The van der Waals surface area contributed by atoms with E-state index in [0.717, 1.165) is 60.2 Å². The van der Waals surface area contributed by atoms with E-state index in [9.17, 15) is 5.48 Å². The second kappa shape index (κ2) is 12.5. The Kier molecular flexibility index (Phi) is 5.28. The predicted octanol–water partition coefficient (Wildman–Crippen LogP) is 13.9. The molecule has 1 aromatic heterocycles. The average molecular weight is 672 g/mol. The molecule has 0 radical (unpaired) electrons. The van der Waals surface area contributed by atoms with Crippen LogP contribution in [0.25, 0.3) is 71.3 Å². The Hall–Kier alpha value is -6.90. The van der Waals surface area contributed by atoms with Gasteiger partial charge in [0.1, 0.15) is 0 Å². The molecular weight excluding hydrogens is 629 g/mol. The lowest BCUT2D eigenvalue weighted by atomic mass is 10.00. The van der Waals surface area contributed by atoms with Gasteiger partial charge in [-0.2, -0.15) is 0 Å².